The summed E-state index contributed by atoms with van der Waals surface area (Å²) in [7, 11) is 0. The Balaban J connectivity index is 1.57. The van der Waals surface area contributed by atoms with Gasteiger partial charge in [0.05, 0.1) is 17.6 Å². The van der Waals surface area contributed by atoms with E-state index in [0.29, 0.717) is 4.90 Å². The summed E-state index contributed by atoms with van der Waals surface area (Å²) >= 11 is 0.774. The summed E-state index contributed by atoms with van der Waals surface area (Å²) < 4.78 is 43.9. The molecule has 0 saturated heterocycles. The fraction of sp³-hybridized carbons (Fsp3) is 0.190. The van der Waals surface area contributed by atoms with Crippen LogP contribution in [-0.4, -0.2) is 27.2 Å². The quantitative estimate of drug-likeness (QED) is 0.447. The van der Waals surface area contributed by atoms with Crippen LogP contribution in [0.2, 0.25) is 0 Å². The number of rotatable bonds is 6. The van der Waals surface area contributed by atoms with E-state index in [-0.39, 0.29) is 34.4 Å². The molecule has 0 bridgehead atoms. The molecular weight excluding hydrogens is 427 g/mol. The minimum Gasteiger partial charge on any atom is -0.347 e. The van der Waals surface area contributed by atoms with Gasteiger partial charge in [0.15, 0.2) is 5.13 Å². The molecule has 0 fully saturated rings. The van der Waals surface area contributed by atoms with Crippen molar-refractivity contribution in [3.63, 3.8) is 0 Å². The first-order valence-corrected chi connectivity index (χ1v) is 10.2. The molecule has 6 nitrogen and oxygen atoms in total. The van der Waals surface area contributed by atoms with Crippen molar-refractivity contribution in [3.05, 3.63) is 88.5 Å². The van der Waals surface area contributed by atoms with Crippen LogP contribution in [-0.2, 0) is 13.0 Å². The van der Waals surface area contributed by atoms with Gasteiger partial charge in [-0.25, -0.2) is 9.88 Å². The normalized spacial score (nSPS) is 15.5. The lowest BCUT2D eigenvalue weighted by Gasteiger charge is -2.27. The fourth-order valence-corrected chi connectivity index (χ4v) is 4.08. The summed E-state index contributed by atoms with van der Waals surface area (Å²) in [6.07, 6.45) is 0.585. The van der Waals surface area contributed by atoms with Crippen LogP contribution < -0.4 is 10.2 Å². The molecule has 0 aliphatic carbocycles. The number of hydrogen-bond donors (Lipinski definition) is 1. The van der Waals surface area contributed by atoms with Gasteiger partial charge in [-0.2, -0.15) is 8.78 Å². The van der Waals surface area contributed by atoms with E-state index in [1.807, 2.05) is 6.07 Å². The lowest BCUT2D eigenvalue weighted by atomic mass is 10.1. The summed E-state index contributed by atoms with van der Waals surface area (Å²) in [5.41, 5.74) is 1.42. The Morgan fingerprint density at radius 2 is 1.87 bits per heavy atom. The Morgan fingerprint density at radius 1 is 1.13 bits per heavy atom. The van der Waals surface area contributed by atoms with Crippen LogP contribution in [0, 0.1) is 0 Å². The lowest BCUT2D eigenvalue weighted by molar-refractivity contribution is -0.197. The van der Waals surface area contributed by atoms with Crippen molar-refractivity contribution in [1.29, 1.82) is 0 Å². The van der Waals surface area contributed by atoms with E-state index in [4.69, 9.17) is 0 Å². The number of carbonyl (C=O) groups excluding carboxylic acids is 1. The summed E-state index contributed by atoms with van der Waals surface area (Å²) in [5, 5.41) is 1.97. The minimum absolute atomic E-state index is 0.0790. The van der Waals surface area contributed by atoms with Gasteiger partial charge in [0.1, 0.15) is 4.88 Å². The second-order valence-electron chi connectivity index (χ2n) is 6.87. The third-order valence-electron chi connectivity index (χ3n) is 4.79. The maximum Gasteiger partial charge on any atom is 0.446 e. The Kier molecular flexibility index (Phi) is 5.64. The molecule has 1 N–H and O–H groups in total. The van der Waals surface area contributed by atoms with E-state index in [0.717, 1.165) is 22.5 Å². The number of nitrogens with one attached hydrogen (secondary N) is 1. The molecule has 0 saturated carbocycles. The van der Waals surface area contributed by atoms with Crippen molar-refractivity contribution in [2.24, 2.45) is 0 Å². The highest BCUT2D eigenvalue weighted by Gasteiger charge is 2.55. The number of alkyl halides is 2. The average molecular weight is 445 g/mol. The zero-order chi connectivity index (χ0) is 22.0. The molecule has 0 atom stereocenters. The summed E-state index contributed by atoms with van der Waals surface area (Å²) in [6.45, 7) is 1.53. The van der Waals surface area contributed by atoms with Gasteiger partial charge in [0.25, 0.3) is 5.91 Å². The molecule has 0 radical (unpaired) electrons. The molecule has 1 aliphatic heterocycles. The maximum absolute atomic E-state index is 14.8. The topological polar surface area (TPSA) is 61.4 Å². The predicted octanol–water partition coefficient (Wildman–Crippen LogP) is 4.50. The van der Waals surface area contributed by atoms with Crippen LogP contribution in [0.25, 0.3) is 0 Å². The van der Waals surface area contributed by atoms with Crippen LogP contribution in [0.15, 0.2) is 72.4 Å². The van der Waals surface area contributed by atoms with E-state index >= 15 is 0 Å². The molecule has 4 rings (SSSR count). The van der Waals surface area contributed by atoms with Crippen molar-refractivity contribution < 1.29 is 18.1 Å². The standard InChI is InChI=1S/C21H18F3N5OS/c1-14-17(10-15-6-3-2-4-7-15)28(21(22,23)29(14)24)20-27-13-18(31-20)19(30)26-12-16-8-5-9-25-11-16/h2-9,11,13H,10,12H2,1H3,(H,26,30). The monoisotopic (exact) mass is 445 g/mol. The van der Waals surface area contributed by atoms with Gasteiger partial charge < -0.3 is 5.32 Å². The zero-order valence-electron chi connectivity index (χ0n) is 16.4. The van der Waals surface area contributed by atoms with E-state index in [2.05, 4.69) is 15.3 Å². The van der Waals surface area contributed by atoms with E-state index in [9.17, 15) is 18.1 Å². The van der Waals surface area contributed by atoms with E-state index in [1.165, 1.54) is 13.1 Å². The number of pyridine rings is 1. The molecule has 3 heterocycles. The number of hydrogen-bond acceptors (Lipinski definition) is 6. The summed E-state index contributed by atoms with van der Waals surface area (Å²) in [5.74, 6) is -0.461. The van der Waals surface area contributed by atoms with Crippen molar-refractivity contribution in [1.82, 2.24) is 20.4 Å². The Labute approximate surface area is 180 Å². The number of anilines is 1. The van der Waals surface area contributed by atoms with Gasteiger partial charge in [-0.05, 0) is 24.1 Å². The average Bonchev–Trinajstić information content (AvgIpc) is 3.32. The first-order chi connectivity index (χ1) is 14.9. The van der Waals surface area contributed by atoms with Gasteiger partial charge in [-0.1, -0.05) is 52.2 Å². The zero-order valence-corrected chi connectivity index (χ0v) is 17.2. The first-order valence-electron chi connectivity index (χ1n) is 9.38. The van der Waals surface area contributed by atoms with Crippen molar-refractivity contribution in [2.75, 3.05) is 4.90 Å². The molecule has 31 heavy (non-hydrogen) atoms. The third kappa shape index (κ3) is 4.11. The van der Waals surface area contributed by atoms with Crippen LogP contribution in [0.3, 0.4) is 0 Å². The second-order valence-corrected chi connectivity index (χ2v) is 7.88. The van der Waals surface area contributed by atoms with Crippen molar-refractivity contribution in [2.45, 2.75) is 26.1 Å². The van der Waals surface area contributed by atoms with Gasteiger partial charge in [-0.3, -0.25) is 9.78 Å². The van der Waals surface area contributed by atoms with Gasteiger partial charge in [0.2, 0.25) is 0 Å². The summed E-state index contributed by atoms with van der Waals surface area (Å²) in [6, 6.07) is 12.5. The Morgan fingerprint density at radius 3 is 2.58 bits per heavy atom. The van der Waals surface area contributed by atoms with Crippen LogP contribution in [0.5, 0.6) is 0 Å². The number of nitrogens with zero attached hydrogens (tertiary/aromatic N) is 4. The number of thiazole rings is 1. The number of amides is 1. The highest BCUT2D eigenvalue weighted by atomic mass is 32.1. The highest BCUT2D eigenvalue weighted by molar-refractivity contribution is 7.17. The van der Waals surface area contributed by atoms with Gasteiger partial charge >= 0.3 is 6.17 Å². The molecule has 1 aliphatic rings. The van der Waals surface area contributed by atoms with Crippen molar-refractivity contribution in [3.8, 4) is 0 Å². The molecule has 160 valence electrons. The fourth-order valence-electron chi connectivity index (χ4n) is 3.20. The molecular formula is C21H18F3N5OS. The van der Waals surface area contributed by atoms with Gasteiger partial charge in [-0.15, -0.1) is 5.12 Å². The molecule has 2 aromatic heterocycles. The first kappa shape index (κ1) is 20.9. The molecule has 0 spiro atoms. The lowest BCUT2D eigenvalue weighted by Crippen LogP contribution is -2.44. The summed E-state index contributed by atoms with van der Waals surface area (Å²) in [4.78, 5) is 21.1. The number of allylic oxidation sites excluding steroid dienone is 2. The van der Waals surface area contributed by atoms with Gasteiger partial charge in [0, 0.05) is 25.4 Å². The van der Waals surface area contributed by atoms with Crippen LogP contribution >= 0.6 is 11.3 Å². The second kappa shape index (κ2) is 8.38. The predicted molar refractivity (Wildman–Crippen MR) is 111 cm³/mol. The molecule has 1 amide bonds. The highest BCUT2D eigenvalue weighted by Crippen LogP contribution is 2.45. The Bertz CT molecular complexity index is 1100. The molecule has 3 aromatic rings. The van der Waals surface area contributed by atoms with Crippen LogP contribution in [0.4, 0.5) is 18.4 Å². The largest absolute Gasteiger partial charge is 0.446 e. The molecule has 0 unspecified atom stereocenters. The third-order valence-corrected chi connectivity index (χ3v) is 5.77. The molecule has 10 heteroatoms. The van der Waals surface area contributed by atoms with E-state index in [1.54, 1.807) is 48.8 Å². The SMILES string of the molecule is CC1=C(Cc2ccccc2)N(c2ncc(C(=O)NCc3cccnc3)s2)C(F)(F)N1F. The van der Waals surface area contributed by atoms with E-state index < -0.39 is 17.2 Å². The maximum atomic E-state index is 14.8. The minimum atomic E-state index is -3.95. The number of halogens is 3. The van der Waals surface area contributed by atoms with Crippen LogP contribution in [0.1, 0.15) is 27.7 Å². The number of benzene rings is 1. The number of aromatic nitrogens is 2. The Hall–Kier alpha value is -3.40. The smallest absolute Gasteiger partial charge is 0.347 e. The van der Waals surface area contributed by atoms with Crippen molar-refractivity contribution >= 4 is 22.4 Å². The molecule has 1 aromatic carbocycles. The number of carbonyl (C=O) groups is 1.